The third kappa shape index (κ3) is 3.84. The van der Waals surface area contributed by atoms with Gasteiger partial charge < -0.3 is 14.3 Å². The Morgan fingerprint density at radius 1 is 1.30 bits per heavy atom. The van der Waals surface area contributed by atoms with Crippen molar-refractivity contribution in [2.75, 3.05) is 0 Å². The van der Waals surface area contributed by atoms with Crippen LogP contribution in [0.2, 0.25) is 0 Å². The molecule has 0 saturated heterocycles. The molecule has 1 aromatic carbocycles. The lowest BCUT2D eigenvalue weighted by atomic mass is 10.2. The van der Waals surface area contributed by atoms with Crippen LogP contribution in [0.15, 0.2) is 57.9 Å². The van der Waals surface area contributed by atoms with Gasteiger partial charge >= 0.3 is 5.97 Å². The van der Waals surface area contributed by atoms with Gasteiger partial charge in [-0.25, -0.2) is 4.79 Å². The van der Waals surface area contributed by atoms with Gasteiger partial charge in [0.15, 0.2) is 5.75 Å². The standard InChI is InChI=1S/C15H12O5/c16-13-8-12(19-10-14(13)17)9-20-15(18)7-6-11-4-2-1-3-5-11/h1-8,10,17H,9H2/b7-6+. The Morgan fingerprint density at radius 3 is 2.75 bits per heavy atom. The summed E-state index contributed by atoms with van der Waals surface area (Å²) in [4.78, 5) is 22.6. The number of carbonyl (C=O) groups is 1. The number of hydrogen-bond acceptors (Lipinski definition) is 5. The molecule has 2 aromatic rings. The zero-order valence-corrected chi connectivity index (χ0v) is 10.5. The van der Waals surface area contributed by atoms with Gasteiger partial charge in [0.2, 0.25) is 5.43 Å². The second-order valence-corrected chi connectivity index (χ2v) is 3.95. The molecule has 0 atom stereocenters. The van der Waals surface area contributed by atoms with Crippen molar-refractivity contribution in [1.29, 1.82) is 0 Å². The van der Waals surface area contributed by atoms with Gasteiger partial charge in [-0.05, 0) is 11.6 Å². The Bertz CT molecular complexity index is 670. The molecule has 5 heteroatoms. The molecule has 1 aromatic heterocycles. The van der Waals surface area contributed by atoms with Crippen LogP contribution in [0, 0.1) is 0 Å². The van der Waals surface area contributed by atoms with Gasteiger partial charge in [-0.2, -0.15) is 0 Å². The van der Waals surface area contributed by atoms with Crippen molar-refractivity contribution in [2.45, 2.75) is 6.61 Å². The third-order valence-corrected chi connectivity index (χ3v) is 2.43. The summed E-state index contributed by atoms with van der Waals surface area (Å²) in [5, 5.41) is 9.01. The van der Waals surface area contributed by atoms with Crippen molar-refractivity contribution in [2.24, 2.45) is 0 Å². The molecule has 0 radical (unpaired) electrons. The summed E-state index contributed by atoms with van der Waals surface area (Å²) in [5.74, 6) is -0.872. The Morgan fingerprint density at radius 2 is 2.05 bits per heavy atom. The maximum atomic E-state index is 11.5. The molecule has 5 nitrogen and oxygen atoms in total. The minimum atomic E-state index is -0.581. The van der Waals surface area contributed by atoms with Gasteiger partial charge in [0.05, 0.1) is 0 Å². The van der Waals surface area contributed by atoms with Crippen LogP contribution in [0.25, 0.3) is 6.08 Å². The Kier molecular flexibility index (Phi) is 4.34. The molecule has 0 saturated carbocycles. The highest BCUT2D eigenvalue weighted by Gasteiger charge is 2.04. The highest BCUT2D eigenvalue weighted by atomic mass is 16.5. The van der Waals surface area contributed by atoms with Crippen molar-refractivity contribution in [3.63, 3.8) is 0 Å². The fourth-order valence-electron chi connectivity index (χ4n) is 1.44. The number of aromatic hydroxyl groups is 1. The largest absolute Gasteiger partial charge is 0.502 e. The third-order valence-electron chi connectivity index (χ3n) is 2.43. The quantitative estimate of drug-likeness (QED) is 0.681. The summed E-state index contributed by atoms with van der Waals surface area (Å²) >= 11 is 0. The van der Waals surface area contributed by atoms with E-state index in [9.17, 15) is 9.59 Å². The Hall–Kier alpha value is -2.82. The first-order chi connectivity index (χ1) is 9.65. The first-order valence-electron chi connectivity index (χ1n) is 5.86. The minimum absolute atomic E-state index is 0.161. The van der Waals surface area contributed by atoms with Gasteiger partial charge in [0.25, 0.3) is 0 Å². The monoisotopic (exact) mass is 272 g/mol. The molecule has 0 amide bonds. The molecule has 102 valence electrons. The van der Waals surface area contributed by atoms with E-state index >= 15 is 0 Å². The number of ether oxygens (including phenoxy) is 1. The molecule has 0 aliphatic heterocycles. The van der Waals surface area contributed by atoms with Crippen LogP contribution < -0.4 is 5.43 Å². The van der Waals surface area contributed by atoms with Crippen molar-refractivity contribution in [3.8, 4) is 5.75 Å². The molecule has 0 bridgehead atoms. The van der Waals surface area contributed by atoms with E-state index in [0.717, 1.165) is 17.9 Å². The van der Waals surface area contributed by atoms with Crippen LogP contribution >= 0.6 is 0 Å². The maximum absolute atomic E-state index is 11.5. The van der Waals surface area contributed by atoms with Gasteiger partial charge in [-0.15, -0.1) is 0 Å². The minimum Gasteiger partial charge on any atom is -0.502 e. The molecule has 0 aliphatic carbocycles. The summed E-state index contributed by atoms with van der Waals surface area (Å²) in [6.07, 6.45) is 3.81. The second-order valence-electron chi connectivity index (χ2n) is 3.95. The van der Waals surface area contributed by atoms with Gasteiger partial charge in [-0.1, -0.05) is 30.3 Å². The topological polar surface area (TPSA) is 76.7 Å². The van der Waals surface area contributed by atoms with Gasteiger partial charge in [-0.3, -0.25) is 4.79 Å². The fourth-order valence-corrected chi connectivity index (χ4v) is 1.44. The van der Waals surface area contributed by atoms with Crippen LogP contribution in [-0.4, -0.2) is 11.1 Å². The van der Waals surface area contributed by atoms with Crippen LogP contribution in [0.3, 0.4) is 0 Å². The number of rotatable bonds is 4. The number of esters is 1. The molecule has 0 aliphatic rings. The van der Waals surface area contributed by atoms with Crippen molar-refractivity contribution < 1.29 is 19.1 Å². The molecular formula is C15H12O5. The molecule has 0 fully saturated rings. The maximum Gasteiger partial charge on any atom is 0.331 e. The van der Waals surface area contributed by atoms with Crippen LogP contribution in [0.5, 0.6) is 5.75 Å². The van der Waals surface area contributed by atoms with Crippen LogP contribution in [-0.2, 0) is 16.1 Å². The van der Waals surface area contributed by atoms with E-state index in [2.05, 4.69) is 0 Å². The first kappa shape index (κ1) is 13.6. The molecule has 1 heterocycles. The van der Waals surface area contributed by atoms with E-state index in [1.165, 1.54) is 6.08 Å². The van der Waals surface area contributed by atoms with Gasteiger partial charge in [0, 0.05) is 12.1 Å². The Labute approximate surface area is 114 Å². The number of hydrogen-bond donors (Lipinski definition) is 1. The summed E-state index contributed by atoms with van der Waals surface area (Å²) in [7, 11) is 0. The van der Waals surface area contributed by atoms with E-state index in [1.807, 2.05) is 30.3 Å². The highest BCUT2D eigenvalue weighted by Crippen LogP contribution is 2.06. The zero-order valence-electron chi connectivity index (χ0n) is 10.5. The fraction of sp³-hybridized carbons (Fsp3) is 0.0667. The highest BCUT2D eigenvalue weighted by molar-refractivity contribution is 5.86. The lowest BCUT2D eigenvalue weighted by molar-refractivity contribution is -0.139. The molecule has 0 spiro atoms. The lowest BCUT2D eigenvalue weighted by Crippen LogP contribution is -2.04. The smallest absolute Gasteiger partial charge is 0.331 e. The Balaban J connectivity index is 1.90. The summed E-state index contributed by atoms with van der Waals surface area (Å²) in [6, 6.07) is 10.4. The molecule has 20 heavy (non-hydrogen) atoms. The lowest BCUT2D eigenvalue weighted by Gasteiger charge is -2.01. The average molecular weight is 272 g/mol. The molecule has 2 rings (SSSR count). The van der Waals surface area contributed by atoms with Gasteiger partial charge in [0.1, 0.15) is 18.6 Å². The molecular weight excluding hydrogens is 260 g/mol. The molecule has 1 N–H and O–H groups in total. The molecule has 0 unspecified atom stereocenters. The van der Waals surface area contributed by atoms with Crippen molar-refractivity contribution >= 4 is 12.0 Å². The number of benzene rings is 1. The van der Waals surface area contributed by atoms with E-state index in [4.69, 9.17) is 14.3 Å². The number of carbonyl (C=O) groups excluding carboxylic acids is 1. The van der Waals surface area contributed by atoms with Crippen LogP contribution in [0.4, 0.5) is 0 Å². The first-order valence-corrected chi connectivity index (χ1v) is 5.86. The second kappa shape index (κ2) is 6.38. The van der Waals surface area contributed by atoms with E-state index < -0.39 is 17.1 Å². The van der Waals surface area contributed by atoms with E-state index in [-0.39, 0.29) is 12.4 Å². The SMILES string of the molecule is O=C(/C=C/c1ccccc1)OCc1cc(=O)c(O)co1. The van der Waals surface area contributed by atoms with E-state index in [1.54, 1.807) is 6.08 Å². The van der Waals surface area contributed by atoms with Crippen LogP contribution in [0.1, 0.15) is 11.3 Å². The summed E-state index contributed by atoms with van der Waals surface area (Å²) in [5.41, 5.74) is 0.294. The zero-order chi connectivity index (χ0) is 14.4. The summed E-state index contributed by atoms with van der Waals surface area (Å²) in [6.45, 7) is -0.173. The van der Waals surface area contributed by atoms with Crippen molar-refractivity contribution in [1.82, 2.24) is 0 Å². The van der Waals surface area contributed by atoms with E-state index in [0.29, 0.717) is 0 Å². The summed E-state index contributed by atoms with van der Waals surface area (Å²) < 4.78 is 9.81. The van der Waals surface area contributed by atoms with Crippen molar-refractivity contribution in [3.05, 3.63) is 70.3 Å². The predicted octanol–water partition coefficient (Wildman–Crippen LogP) is 2.10. The normalized spacial score (nSPS) is 10.6. The predicted molar refractivity (Wildman–Crippen MR) is 71.9 cm³/mol. The average Bonchev–Trinajstić information content (AvgIpc) is 2.47.